The van der Waals surface area contributed by atoms with Crippen LogP contribution in [0.1, 0.15) is 6.30 Å². The van der Waals surface area contributed by atoms with E-state index in [4.69, 9.17) is 20.4 Å². The summed E-state index contributed by atoms with van der Waals surface area (Å²) in [6.45, 7) is -1.42. The number of hydrogen-bond acceptors (Lipinski definition) is 11. The summed E-state index contributed by atoms with van der Waals surface area (Å²) in [6, 6.07) is 0.734. The van der Waals surface area contributed by atoms with Gasteiger partial charge in [0, 0.05) is 19.4 Å². The molecule has 1 aromatic rings. The number of nitrogens with two attached hydrogens (primary N) is 1. The summed E-state index contributed by atoms with van der Waals surface area (Å²) in [5, 5.41) is 10.1. The van der Waals surface area contributed by atoms with E-state index >= 15 is 0 Å². The van der Waals surface area contributed by atoms with Crippen LogP contribution in [0, 0.1) is 0 Å². The maximum Gasteiger partial charge on any atom is 0.490 e. The van der Waals surface area contributed by atoms with Crippen molar-refractivity contribution in [1.29, 1.82) is 0 Å². The number of methoxy groups -OCH3 is 1. The molecule has 0 spiro atoms. The average Bonchev–Trinajstić information content (AvgIpc) is 2.55. The van der Waals surface area contributed by atoms with Crippen molar-refractivity contribution in [3.63, 3.8) is 0 Å². The second-order valence-corrected chi connectivity index (χ2v) is 9.78. The van der Waals surface area contributed by atoms with Crippen LogP contribution >= 0.6 is 23.5 Å². The molecule has 21 heteroatoms. The number of nitrogens with one attached hydrogen (secondary N) is 1. The number of H-pyrrole nitrogens is 1. The van der Waals surface area contributed by atoms with Crippen molar-refractivity contribution in [2.24, 2.45) is 5.73 Å². The zero-order valence-electron chi connectivity index (χ0n) is 14.7. The standard InChI is InChI=1S/C9H17FN3O14P3/c1-24-9(11,6(15)7(10)13-3-2-5(14)12-8(13)16)4-25-29(20,21)27-30(22,23)26-28(17,18)19/h2-3,6-7,15H,4,11H2,1H3,(H,20,21)(H,22,23)(H,12,14,16)(H2,17,18,19)/t6-,7-,9+/m0/s1. The largest absolute Gasteiger partial charge is 0.490 e. The van der Waals surface area contributed by atoms with Crippen molar-refractivity contribution in [2.75, 3.05) is 13.7 Å². The predicted octanol–water partition coefficient (Wildman–Crippen LogP) is -1.99. The first-order valence-corrected chi connectivity index (χ1v) is 11.7. The Morgan fingerprint density at radius 3 is 2.23 bits per heavy atom. The smallest absolute Gasteiger partial charge is 0.383 e. The quantitative estimate of drug-likeness (QED) is 0.127. The fourth-order valence-corrected chi connectivity index (χ4v) is 4.82. The normalized spacial score (nSPS) is 20.5. The van der Waals surface area contributed by atoms with Gasteiger partial charge in [0.1, 0.15) is 12.7 Å². The lowest BCUT2D eigenvalue weighted by atomic mass is 10.1. The van der Waals surface area contributed by atoms with Crippen molar-refractivity contribution in [3.05, 3.63) is 33.1 Å². The first kappa shape index (κ1) is 26.9. The highest BCUT2D eigenvalue weighted by atomic mass is 31.3. The Morgan fingerprint density at radius 1 is 1.20 bits per heavy atom. The number of nitrogens with zero attached hydrogens (tertiary/aromatic N) is 1. The number of aromatic nitrogens is 2. The predicted molar refractivity (Wildman–Crippen MR) is 91.2 cm³/mol. The second kappa shape index (κ2) is 9.58. The number of halogens is 1. The molecule has 0 aliphatic heterocycles. The number of alkyl halides is 1. The van der Waals surface area contributed by atoms with Gasteiger partial charge in [0.15, 0.2) is 5.72 Å². The van der Waals surface area contributed by atoms with E-state index in [1.54, 1.807) is 4.98 Å². The van der Waals surface area contributed by atoms with Gasteiger partial charge in [-0.05, 0) is 0 Å². The first-order chi connectivity index (χ1) is 13.4. The van der Waals surface area contributed by atoms with E-state index in [1.807, 2.05) is 0 Å². The molecule has 0 saturated carbocycles. The monoisotopic (exact) mass is 503 g/mol. The van der Waals surface area contributed by atoms with Gasteiger partial charge in [0.2, 0.25) is 6.30 Å². The number of rotatable bonds is 11. The summed E-state index contributed by atoms with van der Waals surface area (Å²) >= 11 is 0. The molecule has 0 aliphatic carbocycles. The summed E-state index contributed by atoms with van der Waals surface area (Å²) < 4.78 is 63.9. The van der Waals surface area contributed by atoms with Crippen molar-refractivity contribution >= 4 is 23.5 Å². The molecule has 0 bridgehead atoms. The van der Waals surface area contributed by atoms with E-state index in [0.29, 0.717) is 6.20 Å². The molecule has 1 heterocycles. The highest BCUT2D eigenvalue weighted by Crippen LogP contribution is 2.66. The van der Waals surface area contributed by atoms with Crippen molar-refractivity contribution in [3.8, 4) is 0 Å². The van der Waals surface area contributed by atoms with Crippen molar-refractivity contribution < 1.29 is 60.6 Å². The van der Waals surface area contributed by atoms with Gasteiger partial charge in [0.25, 0.3) is 5.56 Å². The van der Waals surface area contributed by atoms with Crippen LogP contribution < -0.4 is 17.0 Å². The maximum atomic E-state index is 14.5. The molecule has 2 unspecified atom stereocenters. The summed E-state index contributed by atoms with van der Waals surface area (Å²) in [7, 11) is -16.3. The third-order valence-electron chi connectivity index (χ3n) is 3.13. The summed E-state index contributed by atoms with van der Waals surface area (Å²) in [5.74, 6) is 0. The van der Waals surface area contributed by atoms with Gasteiger partial charge in [-0.25, -0.2) is 22.9 Å². The highest BCUT2D eigenvalue weighted by molar-refractivity contribution is 7.66. The molecule has 1 rings (SSSR count). The molecule has 30 heavy (non-hydrogen) atoms. The van der Waals surface area contributed by atoms with Crippen LogP contribution in [0.2, 0.25) is 0 Å². The van der Waals surface area contributed by atoms with Crippen LogP contribution in [0.25, 0.3) is 0 Å². The third kappa shape index (κ3) is 7.86. The number of hydrogen-bond donors (Lipinski definition) is 7. The topological polar surface area (TPSA) is 270 Å². The van der Waals surface area contributed by atoms with E-state index in [9.17, 15) is 37.7 Å². The minimum atomic E-state index is -5.83. The maximum absolute atomic E-state index is 14.5. The van der Waals surface area contributed by atoms with Crippen LogP contribution in [0.5, 0.6) is 0 Å². The number of aliphatic hydroxyl groups is 1. The van der Waals surface area contributed by atoms with Gasteiger partial charge in [-0.15, -0.1) is 0 Å². The Labute approximate surface area is 165 Å². The highest BCUT2D eigenvalue weighted by Gasteiger charge is 2.46. The van der Waals surface area contributed by atoms with E-state index < -0.39 is 59.4 Å². The summed E-state index contributed by atoms with van der Waals surface area (Å²) in [4.78, 5) is 59.6. The van der Waals surface area contributed by atoms with E-state index in [-0.39, 0.29) is 4.57 Å². The van der Waals surface area contributed by atoms with Crippen LogP contribution in [0.3, 0.4) is 0 Å². The van der Waals surface area contributed by atoms with Crippen LogP contribution in [0.15, 0.2) is 21.9 Å². The van der Waals surface area contributed by atoms with Gasteiger partial charge in [-0.1, -0.05) is 0 Å². The van der Waals surface area contributed by atoms with Gasteiger partial charge in [0.05, 0.1) is 0 Å². The number of phosphoric ester groups is 1. The lowest BCUT2D eigenvalue weighted by Crippen LogP contribution is -2.59. The van der Waals surface area contributed by atoms with Crippen LogP contribution in [-0.2, 0) is 31.6 Å². The second-order valence-electron chi connectivity index (χ2n) is 5.36. The number of ether oxygens (including phenoxy) is 1. The molecule has 5 atom stereocenters. The van der Waals surface area contributed by atoms with Crippen LogP contribution in [0.4, 0.5) is 4.39 Å². The molecule has 0 saturated heterocycles. The molecule has 174 valence electrons. The fraction of sp³-hybridized carbons (Fsp3) is 0.556. The van der Waals surface area contributed by atoms with Crippen molar-refractivity contribution in [2.45, 2.75) is 18.1 Å². The molecule has 0 amide bonds. The summed E-state index contributed by atoms with van der Waals surface area (Å²) in [5.41, 5.74) is 0.668. The van der Waals surface area contributed by atoms with Gasteiger partial charge >= 0.3 is 29.2 Å². The minimum absolute atomic E-state index is 0.192. The minimum Gasteiger partial charge on any atom is -0.383 e. The Hall–Kier alpha value is -1.10. The number of phosphoric acid groups is 3. The van der Waals surface area contributed by atoms with Gasteiger partial charge in [-0.3, -0.25) is 24.6 Å². The van der Waals surface area contributed by atoms with Crippen molar-refractivity contribution in [1.82, 2.24) is 9.55 Å². The average molecular weight is 503 g/mol. The Morgan fingerprint density at radius 2 is 1.77 bits per heavy atom. The number of aromatic amines is 1. The Kier molecular flexibility index (Phi) is 8.60. The lowest BCUT2D eigenvalue weighted by molar-refractivity contribution is -0.158. The van der Waals surface area contributed by atoms with Gasteiger partial charge in [-0.2, -0.15) is 8.62 Å². The van der Waals surface area contributed by atoms with E-state index in [1.165, 1.54) is 0 Å². The molecular formula is C9H17FN3O14P3. The SMILES string of the molecule is CO[C@](N)(COP(=O)(O)OP(=O)(O)OP(=O)(O)O)[C@@H](O)[C@@H](F)n1ccc(=O)[nH]c1=O. The summed E-state index contributed by atoms with van der Waals surface area (Å²) in [6.07, 6.45) is -4.53. The molecule has 0 aromatic carbocycles. The Balaban J connectivity index is 2.98. The third-order valence-corrected chi connectivity index (χ3v) is 6.91. The zero-order chi connectivity index (χ0) is 23.5. The number of aliphatic hydroxyl groups excluding tert-OH is 1. The first-order valence-electron chi connectivity index (χ1n) is 7.17. The van der Waals surface area contributed by atoms with E-state index in [2.05, 4.69) is 17.9 Å². The molecular weight excluding hydrogens is 486 g/mol. The lowest BCUT2D eigenvalue weighted by Gasteiger charge is -2.34. The molecule has 0 aliphatic rings. The molecule has 1 aromatic heterocycles. The zero-order valence-corrected chi connectivity index (χ0v) is 17.4. The fourth-order valence-electron chi connectivity index (χ4n) is 1.76. The van der Waals surface area contributed by atoms with Gasteiger partial charge < -0.3 is 29.4 Å². The molecule has 0 fully saturated rings. The van der Waals surface area contributed by atoms with E-state index in [0.717, 1.165) is 13.2 Å². The molecule has 17 nitrogen and oxygen atoms in total. The molecule has 8 N–H and O–H groups in total. The Bertz CT molecular complexity index is 1010. The molecule has 0 radical (unpaired) electrons. The van der Waals surface area contributed by atoms with Crippen LogP contribution in [-0.4, -0.2) is 59.8 Å².